The third kappa shape index (κ3) is 4.18. The molecule has 0 fully saturated rings. The number of aliphatic imine (C=N–C) groups is 1. The maximum Gasteiger partial charge on any atom is 0.225 e. The van der Waals surface area contributed by atoms with Crippen molar-refractivity contribution >= 4 is 45.2 Å². The fraction of sp³-hybridized carbons (Fsp3) is 0.417. The van der Waals surface area contributed by atoms with Crippen LogP contribution in [0.15, 0.2) is 23.5 Å². The normalized spacial score (nSPS) is 16.5. The maximum absolute atomic E-state index is 12.5. The molecule has 0 spiro atoms. The summed E-state index contributed by atoms with van der Waals surface area (Å²) >= 11 is 1.67. The zero-order valence-electron chi connectivity index (χ0n) is 18.9. The highest BCUT2D eigenvalue weighted by Gasteiger charge is 2.30. The number of rotatable bonds is 7. The highest BCUT2D eigenvalue weighted by atomic mass is 32.1. The maximum atomic E-state index is 12.5. The smallest absolute Gasteiger partial charge is 0.225 e. The summed E-state index contributed by atoms with van der Waals surface area (Å²) in [6.45, 7) is 1.81. The number of carbonyl (C=O) groups is 1. The minimum Gasteiger partial charge on any atom is -0.491 e. The Kier molecular flexibility index (Phi) is 5.99. The largest absolute Gasteiger partial charge is 0.491 e. The Bertz CT molecular complexity index is 1240. The molecule has 2 aliphatic rings. The topological polar surface area (TPSA) is 106 Å². The van der Waals surface area contributed by atoms with Crippen LogP contribution < -0.4 is 15.8 Å². The van der Waals surface area contributed by atoms with Gasteiger partial charge in [0.15, 0.2) is 0 Å². The molecule has 5 rings (SSSR count). The van der Waals surface area contributed by atoms with Crippen LogP contribution in [-0.4, -0.2) is 54.2 Å². The fourth-order valence-electron chi connectivity index (χ4n) is 4.53. The highest BCUT2D eigenvalue weighted by Crippen LogP contribution is 2.42. The minimum atomic E-state index is 0.0310. The van der Waals surface area contributed by atoms with E-state index in [1.807, 2.05) is 20.3 Å². The predicted octanol–water partition coefficient (Wildman–Crippen LogP) is 3.29. The molecule has 1 aliphatic carbocycles. The van der Waals surface area contributed by atoms with Gasteiger partial charge in [0.1, 0.15) is 22.7 Å². The van der Waals surface area contributed by atoms with E-state index in [9.17, 15) is 4.79 Å². The number of fused-ring (bicyclic) bond motifs is 4. The molecule has 2 aromatic heterocycles. The number of anilines is 2. The lowest BCUT2D eigenvalue weighted by atomic mass is 9.87. The van der Waals surface area contributed by atoms with E-state index in [0.29, 0.717) is 19.7 Å². The van der Waals surface area contributed by atoms with Crippen LogP contribution >= 0.6 is 11.3 Å². The van der Waals surface area contributed by atoms with Crippen molar-refractivity contribution in [3.63, 3.8) is 0 Å². The van der Waals surface area contributed by atoms with Crippen molar-refractivity contribution < 1.29 is 9.53 Å². The predicted molar refractivity (Wildman–Crippen MR) is 132 cm³/mol. The Morgan fingerprint density at radius 2 is 2.21 bits per heavy atom. The van der Waals surface area contributed by atoms with Gasteiger partial charge in [-0.15, -0.1) is 11.3 Å². The summed E-state index contributed by atoms with van der Waals surface area (Å²) < 4.78 is 6.06. The van der Waals surface area contributed by atoms with Crippen molar-refractivity contribution in [2.75, 3.05) is 32.6 Å². The van der Waals surface area contributed by atoms with Crippen molar-refractivity contribution in [2.45, 2.75) is 32.2 Å². The summed E-state index contributed by atoms with van der Waals surface area (Å²) in [7, 11) is 3.65. The van der Waals surface area contributed by atoms with E-state index in [1.165, 1.54) is 10.4 Å². The Balaban J connectivity index is 1.49. The van der Waals surface area contributed by atoms with Crippen LogP contribution in [0.4, 0.5) is 11.5 Å². The Hall–Kier alpha value is -3.04. The quantitative estimate of drug-likeness (QED) is 0.520. The van der Waals surface area contributed by atoms with E-state index < -0.39 is 0 Å². The first-order valence-corrected chi connectivity index (χ1v) is 12.1. The molecular weight excluding hydrogens is 436 g/mol. The first kappa shape index (κ1) is 21.8. The number of nitrogens with one attached hydrogen (secondary N) is 1. The molecule has 3 heterocycles. The molecule has 1 atom stereocenters. The monoisotopic (exact) mass is 464 g/mol. The lowest BCUT2D eigenvalue weighted by Crippen LogP contribution is -2.32. The third-order valence-corrected chi connectivity index (χ3v) is 7.39. The molecule has 1 unspecified atom stereocenters. The first-order valence-electron chi connectivity index (χ1n) is 11.3. The molecule has 0 saturated carbocycles. The number of amides is 1. The van der Waals surface area contributed by atoms with Crippen LogP contribution in [0.25, 0.3) is 10.2 Å². The van der Waals surface area contributed by atoms with Gasteiger partial charge in [-0.3, -0.25) is 9.79 Å². The number of nitrogens with zero attached hydrogens (tertiary/aromatic N) is 4. The van der Waals surface area contributed by atoms with Crippen LogP contribution in [0.3, 0.4) is 0 Å². The number of thiophene rings is 1. The standard InChI is InChI=1S/C24H28N6O2S/c1-30(2)24(31)14-4-5-17-20(10-14)33-23-21(17)22(27-13-28-23)29-18-8-15-11-26-12-16(15)9-19(18)32-7-3-6-25/h8-9,11,13-14H,3-7,10,12,25H2,1-2H3,(H,27,28,29). The van der Waals surface area contributed by atoms with Gasteiger partial charge in [0.05, 0.1) is 24.2 Å². The second kappa shape index (κ2) is 9.07. The zero-order chi connectivity index (χ0) is 22.9. The molecule has 0 radical (unpaired) electrons. The molecule has 172 valence electrons. The van der Waals surface area contributed by atoms with Crippen LogP contribution in [0.1, 0.15) is 34.4 Å². The summed E-state index contributed by atoms with van der Waals surface area (Å²) in [4.78, 5) is 29.9. The molecule has 1 aliphatic heterocycles. The third-order valence-electron chi connectivity index (χ3n) is 6.23. The summed E-state index contributed by atoms with van der Waals surface area (Å²) in [5.74, 6) is 1.78. The van der Waals surface area contributed by atoms with Gasteiger partial charge < -0.3 is 20.7 Å². The number of aromatic nitrogens is 2. The minimum absolute atomic E-state index is 0.0310. The van der Waals surface area contributed by atoms with Gasteiger partial charge in [-0.25, -0.2) is 9.97 Å². The van der Waals surface area contributed by atoms with E-state index in [1.54, 1.807) is 22.6 Å². The van der Waals surface area contributed by atoms with Gasteiger partial charge in [-0.05, 0) is 61.1 Å². The van der Waals surface area contributed by atoms with Gasteiger partial charge in [0.2, 0.25) is 5.91 Å². The number of aryl methyl sites for hydroxylation is 1. The van der Waals surface area contributed by atoms with E-state index in [0.717, 1.165) is 64.3 Å². The number of ether oxygens (including phenoxy) is 1. The SMILES string of the molecule is CN(C)C(=O)C1CCc2c(sc3ncnc(Nc4cc5c(cc4OCCCN)CN=C5)c23)C1. The molecule has 8 nitrogen and oxygen atoms in total. The second-order valence-electron chi connectivity index (χ2n) is 8.71. The van der Waals surface area contributed by atoms with Crippen LogP contribution in [0, 0.1) is 5.92 Å². The number of hydrogen-bond acceptors (Lipinski definition) is 8. The molecule has 0 bridgehead atoms. The van der Waals surface area contributed by atoms with Gasteiger partial charge >= 0.3 is 0 Å². The molecule has 3 N–H and O–H groups in total. The fourth-order valence-corrected chi connectivity index (χ4v) is 5.80. The van der Waals surface area contributed by atoms with E-state index in [2.05, 4.69) is 32.4 Å². The first-order chi connectivity index (χ1) is 16.0. The Labute approximate surface area is 196 Å². The summed E-state index contributed by atoms with van der Waals surface area (Å²) in [6, 6.07) is 4.13. The van der Waals surface area contributed by atoms with Crippen LogP contribution in [0.2, 0.25) is 0 Å². The Morgan fingerprint density at radius 3 is 3.03 bits per heavy atom. The number of carbonyl (C=O) groups excluding carboxylic acids is 1. The summed E-state index contributed by atoms with van der Waals surface area (Å²) in [5.41, 5.74) is 10.0. The van der Waals surface area contributed by atoms with Crippen LogP contribution in [-0.2, 0) is 24.2 Å². The van der Waals surface area contributed by atoms with E-state index in [4.69, 9.17) is 10.5 Å². The molecule has 1 amide bonds. The van der Waals surface area contributed by atoms with Crippen molar-refractivity contribution in [3.8, 4) is 5.75 Å². The van der Waals surface area contributed by atoms with Crippen molar-refractivity contribution in [1.82, 2.24) is 14.9 Å². The average molecular weight is 465 g/mol. The molecule has 9 heteroatoms. The van der Waals surface area contributed by atoms with Crippen molar-refractivity contribution in [3.05, 3.63) is 40.0 Å². The molecule has 33 heavy (non-hydrogen) atoms. The van der Waals surface area contributed by atoms with E-state index in [-0.39, 0.29) is 11.8 Å². The van der Waals surface area contributed by atoms with E-state index >= 15 is 0 Å². The lowest BCUT2D eigenvalue weighted by molar-refractivity contribution is -0.133. The number of benzene rings is 1. The molecule has 3 aromatic rings. The Morgan fingerprint density at radius 1 is 1.33 bits per heavy atom. The second-order valence-corrected chi connectivity index (χ2v) is 9.79. The van der Waals surface area contributed by atoms with Crippen molar-refractivity contribution in [1.29, 1.82) is 0 Å². The van der Waals surface area contributed by atoms with Gasteiger partial charge in [0.25, 0.3) is 0 Å². The van der Waals surface area contributed by atoms with Crippen molar-refractivity contribution in [2.24, 2.45) is 16.6 Å². The van der Waals surface area contributed by atoms with Gasteiger partial charge in [-0.1, -0.05) is 0 Å². The van der Waals surface area contributed by atoms with Gasteiger partial charge in [-0.2, -0.15) is 0 Å². The number of hydrogen-bond donors (Lipinski definition) is 2. The summed E-state index contributed by atoms with van der Waals surface area (Å²) in [6.07, 6.45) is 6.73. The highest BCUT2D eigenvalue weighted by molar-refractivity contribution is 7.19. The van der Waals surface area contributed by atoms with Crippen LogP contribution in [0.5, 0.6) is 5.75 Å². The number of nitrogens with two attached hydrogens (primary N) is 1. The molecule has 1 aromatic carbocycles. The molecule has 0 saturated heterocycles. The average Bonchev–Trinajstić information content (AvgIpc) is 3.42. The summed E-state index contributed by atoms with van der Waals surface area (Å²) in [5, 5.41) is 4.57. The zero-order valence-corrected chi connectivity index (χ0v) is 19.7. The van der Waals surface area contributed by atoms with Gasteiger partial charge in [0, 0.05) is 31.1 Å². The lowest BCUT2D eigenvalue weighted by Gasteiger charge is -2.24. The molecular formula is C24H28N6O2S.